The Kier molecular flexibility index (Phi) is 6.80. The quantitative estimate of drug-likeness (QED) is 0.499. The number of alkyl halides is 3. The third-order valence-corrected chi connectivity index (χ3v) is 5.70. The lowest BCUT2D eigenvalue weighted by atomic mass is 10.1. The molecule has 1 atom stereocenters. The summed E-state index contributed by atoms with van der Waals surface area (Å²) in [5, 5.41) is 10.4. The highest BCUT2D eigenvalue weighted by Gasteiger charge is 2.31. The van der Waals surface area contributed by atoms with E-state index in [1.54, 1.807) is 6.20 Å². The number of rotatable bonds is 7. The third-order valence-electron chi connectivity index (χ3n) is 5.70. The largest absolute Gasteiger partial charge is 0.417 e. The van der Waals surface area contributed by atoms with Crippen LogP contribution in [0, 0.1) is 0 Å². The van der Waals surface area contributed by atoms with Crippen LogP contribution in [0.15, 0.2) is 42.9 Å². The van der Waals surface area contributed by atoms with Crippen molar-refractivity contribution < 1.29 is 13.2 Å². The number of nitrogens with zero attached hydrogens (tertiary/aromatic N) is 5. The van der Waals surface area contributed by atoms with Crippen molar-refractivity contribution in [2.45, 2.75) is 25.7 Å². The zero-order valence-electron chi connectivity index (χ0n) is 18.3. The van der Waals surface area contributed by atoms with Gasteiger partial charge in [0, 0.05) is 68.8 Å². The molecule has 0 aromatic carbocycles. The van der Waals surface area contributed by atoms with Crippen molar-refractivity contribution in [3.05, 3.63) is 54.0 Å². The van der Waals surface area contributed by atoms with Gasteiger partial charge in [-0.25, -0.2) is 9.97 Å². The average Bonchev–Trinajstić information content (AvgIpc) is 3.26. The molecule has 3 aromatic rings. The standard InChI is InChI=1S/C22H27F3N8/c1-15-13-32(8-9-33(15)20-5-3-18(12-29-20)22(23,24)25)14-17-11-30-31-21(17)16-2-4-19(28-10-16)27-7-6-26/h2-5,10-12,15H,6-9,13-14,26H2,1H3,(H,27,28)(H,30,31)/t15-/m1/s1. The number of hydrogen-bond acceptors (Lipinski definition) is 7. The van der Waals surface area contributed by atoms with Crippen LogP contribution < -0.4 is 16.0 Å². The number of nitrogens with one attached hydrogen (secondary N) is 2. The van der Waals surface area contributed by atoms with Crippen molar-refractivity contribution in [2.75, 3.05) is 42.9 Å². The van der Waals surface area contributed by atoms with E-state index in [-0.39, 0.29) is 6.04 Å². The van der Waals surface area contributed by atoms with Crippen molar-refractivity contribution in [2.24, 2.45) is 5.73 Å². The van der Waals surface area contributed by atoms with Crippen molar-refractivity contribution in [1.29, 1.82) is 0 Å². The van der Waals surface area contributed by atoms with E-state index in [0.29, 0.717) is 32.0 Å². The summed E-state index contributed by atoms with van der Waals surface area (Å²) in [6.45, 7) is 6.15. The zero-order valence-corrected chi connectivity index (χ0v) is 18.3. The van der Waals surface area contributed by atoms with Gasteiger partial charge in [0.2, 0.25) is 0 Å². The molecule has 1 fully saturated rings. The van der Waals surface area contributed by atoms with Gasteiger partial charge >= 0.3 is 6.18 Å². The molecule has 0 saturated carbocycles. The van der Waals surface area contributed by atoms with Crippen molar-refractivity contribution in [3.8, 4) is 11.3 Å². The van der Waals surface area contributed by atoms with Gasteiger partial charge in [-0.3, -0.25) is 10.00 Å². The van der Waals surface area contributed by atoms with Crippen LogP contribution in [0.2, 0.25) is 0 Å². The molecule has 1 aliphatic heterocycles. The van der Waals surface area contributed by atoms with Gasteiger partial charge in [-0.15, -0.1) is 0 Å². The Morgan fingerprint density at radius 3 is 2.61 bits per heavy atom. The van der Waals surface area contributed by atoms with E-state index in [1.165, 1.54) is 6.07 Å². The molecule has 0 radical (unpaired) electrons. The molecule has 4 rings (SSSR count). The molecule has 0 unspecified atom stereocenters. The number of anilines is 2. The maximum Gasteiger partial charge on any atom is 0.417 e. The fraction of sp³-hybridized carbons (Fsp3) is 0.409. The highest BCUT2D eigenvalue weighted by Crippen LogP contribution is 2.30. The van der Waals surface area contributed by atoms with E-state index in [4.69, 9.17) is 5.73 Å². The van der Waals surface area contributed by atoms with Crippen LogP contribution in [-0.2, 0) is 12.7 Å². The Labute approximate surface area is 190 Å². The summed E-state index contributed by atoms with van der Waals surface area (Å²) in [5.74, 6) is 1.33. The molecule has 11 heteroatoms. The van der Waals surface area contributed by atoms with Crippen LogP contribution in [0.5, 0.6) is 0 Å². The summed E-state index contributed by atoms with van der Waals surface area (Å²) >= 11 is 0. The normalized spacial score (nSPS) is 17.4. The van der Waals surface area contributed by atoms with Gasteiger partial charge in [-0.2, -0.15) is 18.3 Å². The van der Waals surface area contributed by atoms with E-state index in [2.05, 4.69) is 37.3 Å². The average molecular weight is 461 g/mol. The van der Waals surface area contributed by atoms with Gasteiger partial charge in [0.05, 0.1) is 17.5 Å². The first kappa shape index (κ1) is 23.0. The van der Waals surface area contributed by atoms with Gasteiger partial charge in [0.15, 0.2) is 0 Å². The lowest BCUT2D eigenvalue weighted by molar-refractivity contribution is -0.137. The Balaban J connectivity index is 1.39. The van der Waals surface area contributed by atoms with E-state index in [9.17, 15) is 13.2 Å². The number of pyridine rings is 2. The van der Waals surface area contributed by atoms with E-state index < -0.39 is 11.7 Å². The molecule has 0 amide bonds. The summed E-state index contributed by atoms with van der Waals surface area (Å²) in [5.41, 5.74) is 7.71. The van der Waals surface area contributed by atoms with E-state index in [1.807, 2.05) is 23.2 Å². The second kappa shape index (κ2) is 9.75. The Hall–Kier alpha value is -3.18. The Bertz CT molecular complexity index is 1030. The summed E-state index contributed by atoms with van der Waals surface area (Å²) in [7, 11) is 0. The Morgan fingerprint density at radius 2 is 1.97 bits per heavy atom. The fourth-order valence-electron chi connectivity index (χ4n) is 4.01. The number of aromatic amines is 1. The number of hydrogen-bond donors (Lipinski definition) is 3. The van der Waals surface area contributed by atoms with Crippen LogP contribution in [0.1, 0.15) is 18.1 Å². The fourth-order valence-corrected chi connectivity index (χ4v) is 4.01. The van der Waals surface area contributed by atoms with Gasteiger partial charge in [-0.1, -0.05) is 0 Å². The SMILES string of the molecule is C[C@@H]1CN(Cc2cn[nH]c2-c2ccc(NCCN)nc2)CCN1c1ccc(C(F)(F)F)cn1. The van der Waals surface area contributed by atoms with Crippen LogP contribution in [0.4, 0.5) is 24.8 Å². The van der Waals surface area contributed by atoms with Crippen LogP contribution in [0.25, 0.3) is 11.3 Å². The van der Waals surface area contributed by atoms with E-state index in [0.717, 1.165) is 48.0 Å². The van der Waals surface area contributed by atoms with Crippen LogP contribution >= 0.6 is 0 Å². The van der Waals surface area contributed by atoms with Gasteiger partial charge < -0.3 is 16.0 Å². The highest BCUT2D eigenvalue weighted by atomic mass is 19.4. The molecule has 3 aromatic heterocycles. The number of piperazine rings is 1. The molecular weight excluding hydrogens is 433 g/mol. The first-order chi connectivity index (χ1) is 15.8. The monoisotopic (exact) mass is 460 g/mol. The van der Waals surface area contributed by atoms with Crippen LogP contribution in [-0.4, -0.2) is 63.8 Å². The molecule has 1 aliphatic rings. The highest BCUT2D eigenvalue weighted by molar-refractivity contribution is 5.63. The molecular formula is C22H27F3N8. The molecule has 0 aliphatic carbocycles. The van der Waals surface area contributed by atoms with Crippen LogP contribution in [0.3, 0.4) is 0 Å². The first-order valence-corrected chi connectivity index (χ1v) is 10.8. The second-order valence-corrected chi connectivity index (χ2v) is 8.10. The number of nitrogens with two attached hydrogens (primary N) is 1. The predicted octanol–water partition coefficient (Wildman–Crippen LogP) is 2.97. The number of halogens is 3. The Morgan fingerprint density at radius 1 is 1.12 bits per heavy atom. The first-order valence-electron chi connectivity index (χ1n) is 10.8. The topological polar surface area (TPSA) is 99.0 Å². The minimum atomic E-state index is -4.38. The molecule has 176 valence electrons. The number of aromatic nitrogens is 4. The molecule has 33 heavy (non-hydrogen) atoms. The van der Waals surface area contributed by atoms with Gasteiger partial charge in [0.25, 0.3) is 0 Å². The molecule has 1 saturated heterocycles. The smallest absolute Gasteiger partial charge is 0.369 e. The minimum absolute atomic E-state index is 0.105. The lowest BCUT2D eigenvalue weighted by Gasteiger charge is -2.40. The maximum absolute atomic E-state index is 12.8. The lowest BCUT2D eigenvalue weighted by Crippen LogP contribution is -2.51. The maximum atomic E-state index is 12.8. The molecule has 0 spiro atoms. The van der Waals surface area contributed by atoms with Gasteiger partial charge in [0.1, 0.15) is 11.6 Å². The molecule has 4 N–H and O–H groups in total. The summed E-state index contributed by atoms with van der Waals surface area (Å²) in [6.07, 6.45) is 0.142. The van der Waals surface area contributed by atoms with E-state index >= 15 is 0 Å². The minimum Gasteiger partial charge on any atom is -0.369 e. The van der Waals surface area contributed by atoms with Gasteiger partial charge in [-0.05, 0) is 31.2 Å². The summed E-state index contributed by atoms with van der Waals surface area (Å²) in [4.78, 5) is 12.8. The zero-order chi connectivity index (χ0) is 23.4. The molecule has 8 nitrogen and oxygen atoms in total. The molecule has 0 bridgehead atoms. The van der Waals surface area contributed by atoms with Crippen molar-refractivity contribution in [3.63, 3.8) is 0 Å². The second-order valence-electron chi connectivity index (χ2n) is 8.10. The number of H-pyrrole nitrogens is 1. The van der Waals surface area contributed by atoms with Crippen molar-refractivity contribution in [1.82, 2.24) is 25.1 Å². The summed E-state index contributed by atoms with van der Waals surface area (Å²) < 4.78 is 38.4. The van der Waals surface area contributed by atoms with Crippen molar-refractivity contribution >= 4 is 11.6 Å². The summed E-state index contributed by atoms with van der Waals surface area (Å²) in [6, 6.07) is 6.53. The third kappa shape index (κ3) is 5.42. The molecule has 4 heterocycles. The predicted molar refractivity (Wildman–Crippen MR) is 121 cm³/mol.